The predicted octanol–water partition coefficient (Wildman–Crippen LogP) is 1.19. The van der Waals surface area contributed by atoms with Crippen molar-refractivity contribution in [2.45, 2.75) is 13.0 Å². The molecule has 1 amide bonds. The number of nitrogens with zero attached hydrogens (tertiary/aromatic N) is 2. The Bertz CT molecular complexity index is 809. The van der Waals surface area contributed by atoms with Crippen LogP contribution in [0.15, 0.2) is 35.3 Å². The van der Waals surface area contributed by atoms with Gasteiger partial charge in [-0.05, 0) is 24.6 Å². The highest BCUT2D eigenvalue weighted by atomic mass is 19.1. The van der Waals surface area contributed by atoms with Gasteiger partial charge in [0.2, 0.25) is 5.91 Å². The largest absolute Gasteiger partial charge is 0.369 e. The van der Waals surface area contributed by atoms with Crippen molar-refractivity contribution in [3.05, 3.63) is 58.0 Å². The van der Waals surface area contributed by atoms with Gasteiger partial charge in [0.05, 0.1) is 17.8 Å². The van der Waals surface area contributed by atoms with E-state index in [4.69, 9.17) is 0 Å². The van der Waals surface area contributed by atoms with E-state index < -0.39 is 11.6 Å². The molecule has 126 valence electrons. The van der Waals surface area contributed by atoms with Gasteiger partial charge < -0.3 is 10.2 Å². The number of benzene rings is 1. The number of aromatic nitrogens is 2. The molecule has 0 bridgehead atoms. The summed E-state index contributed by atoms with van der Waals surface area (Å²) in [5, 5.41) is 8.67. The molecule has 1 atom stereocenters. The first-order valence-corrected chi connectivity index (χ1v) is 7.54. The quantitative estimate of drug-likeness (QED) is 0.880. The average Bonchev–Trinajstić information content (AvgIpc) is 3.05. The Morgan fingerprint density at radius 1 is 1.38 bits per heavy atom. The molecule has 3 rings (SSSR count). The number of anilines is 1. The number of carbonyl (C=O) groups excluding carboxylic acids is 1. The van der Waals surface area contributed by atoms with Crippen LogP contribution in [0.25, 0.3) is 0 Å². The molecule has 0 saturated carbocycles. The van der Waals surface area contributed by atoms with Crippen LogP contribution in [0.2, 0.25) is 0 Å². The van der Waals surface area contributed by atoms with Gasteiger partial charge in [-0.2, -0.15) is 5.10 Å². The summed E-state index contributed by atoms with van der Waals surface area (Å²) >= 11 is 0. The van der Waals surface area contributed by atoms with Crippen molar-refractivity contribution in [2.24, 2.45) is 5.92 Å². The monoisotopic (exact) mass is 334 g/mol. The van der Waals surface area contributed by atoms with Crippen molar-refractivity contribution in [3.63, 3.8) is 0 Å². The third-order valence-corrected chi connectivity index (χ3v) is 4.04. The number of hydrogen-bond acceptors (Lipinski definition) is 4. The fourth-order valence-electron chi connectivity index (χ4n) is 2.75. The molecular formula is C16H16F2N4O2. The number of rotatable bonds is 4. The van der Waals surface area contributed by atoms with Crippen molar-refractivity contribution in [1.82, 2.24) is 15.5 Å². The summed E-state index contributed by atoms with van der Waals surface area (Å²) in [6.45, 7) is 1.01. The van der Waals surface area contributed by atoms with Gasteiger partial charge in [-0.15, -0.1) is 0 Å². The third-order valence-electron chi connectivity index (χ3n) is 4.04. The number of H-pyrrole nitrogens is 1. The maximum Gasteiger partial charge on any atom is 0.266 e. The number of hydrogen-bond donors (Lipinski definition) is 2. The number of halogens is 2. The molecule has 2 N–H and O–H groups in total. The van der Waals surface area contributed by atoms with E-state index in [-0.39, 0.29) is 29.5 Å². The summed E-state index contributed by atoms with van der Waals surface area (Å²) in [6.07, 6.45) is 2.15. The molecular weight excluding hydrogens is 318 g/mol. The highest BCUT2D eigenvalue weighted by Crippen LogP contribution is 2.22. The molecule has 1 aromatic carbocycles. The lowest BCUT2D eigenvalue weighted by Crippen LogP contribution is -2.32. The van der Waals surface area contributed by atoms with E-state index in [0.717, 1.165) is 18.2 Å². The van der Waals surface area contributed by atoms with Crippen LogP contribution >= 0.6 is 0 Å². The van der Waals surface area contributed by atoms with Crippen molar-refractivity contribution >= 4 is 11.6 Å². The fourth-order valence-corrected chi connectivity index (χ4v) is 2.75. The zero-order valence-corrected chi connectivity index (χ0v) is 12.8. The second-order valence-corrected chi connectivity index (χ2v) is 5.69. The molecule has 0 aliphatic carbocycles. The van der Waals surface area contributed by atoms with Crippen LogP contribution in [0.1, 0.15) is 12.0 Å². The molecule has 1 unspecified atom stereocenters. The Labute approximate surface area is 136 Å². The van der Waals surface area contributed by atoms with Crippen molar-refractivity contribution in [2.75, 3.05) is 18.0 Å². The van der Waals surface area contributed by atoms with Gasteiger partial charge in [0.1, 0.15) is 11.6 Å². The highest BCUT2D eigenvalue weighted by Gasteiger charge is 2.28. The maximum absolute atomic E-state index is 13.6. The number of amides is 1. The van der Waals surface area contributed by atoms with E-state index in [9.17, 15) is 18.4 Å². The lowest BCUT2D eigenvalue weighted by atomic mass is 10.1. The van der Waals surface area contributed by atoms with E-state index in [2.05, 4.69) is 15.5 Å². The highest BCUT2D eigenvalue weighted by molar-refractivity contribution is 5.80. The number of aromatic amines is 1. The second-order valence-electron chi connectivity index (χ2n) is 5.69. The minimum Gasteiger partial charge on any atom is -0.369 e. The number of nitrogens with one attached hydrogen (secondary N) is 2. The van der Waals surface area contributed by atoms with Gasteiger partial charge in [0, 0.05) is 31.3 Å². The Morgan fingerprint density at radius 2 is 2.21 bits per heavy atom. The van der Waals surface area contributed by atoms with E-state index in [0.29, 0.717) is 25.2 Å². The van der Waals surface area contributed by atoms with Crippen molar-refractivity contribution in [3.8, 4) is 0 Å². The zero-order chi connectivity index (χ0) is 17.1. The first kappa shape index (κ1) is 16.1. The SMILES string of the molecule is O=C(NCc1cc(F)ccc1F)C1CCN(c2cn[nH]c(=O)c2)C1. The van der Waals surface area contributed by atoms with Crippen LogP contribution in [-0.4, -0.2) is 29.2 Å². The van der Waals surface area contributed by atoms with Crippen molar-refractivity contribution in [1.29, 1.82) is 0 Å². The molecule has 6 nitrogen and oxygen atoms in total. The first-order valence-electron chi connectivity index (χ1n) is 7.54. The average molecular weight is 334 g/mol. The summed E-state index contributed by atoms with van der Waals surface area (Å²) in [6, 6.07) is 4.56. The van der Waals surface area contributed by atoms with Gasteiger partial charge in [0.25, 0.3) is 5.56 Å². The summed E-state index contributed by atoms with van der Waals surface area (Å²) in [4.78, 5) is 25.4. The van der Waals surface area contributed by atoms with Crippen LogP contribution in [0, 0.1) is 17.6 Å². The van der Waals surface area contributed by atoms with E-state index in [1.807, 2.05) is 4.90 Å². The van der Waals surface area contributed by atoms with Gasteiger partial charge in [-0.3, -0.25) is 9.59 Å². The molecule has 8 heteroatoms. The Hall–Kier alpha value is -2.77. The zero-order valence-electron chi connectivity index (χ0n) is 12.8. The fraction of sp³-hybridized carbons (Fsp3) is 0.312. The lowest BCUT2D eigenvalue weighted by molar-refractivity contribution is -0.124. The molecule has 1 aliphatic heterocycles. The Kier molecular flexibility index (Phi) is 4.54. The van der Waals surface area contributed by atoms with Gasteiger partial charge in [-0.25, -0.2) is 13.9 Å². The first-order chi connectivity index (χ1) is 11.5. The summed E-state index contributed by atoms with van der Waals surface area (Å²) in [5.74, 6) is -1.60. The van der Waals surface area contributed by atoms with Crippen LogP contribution in [0.4, 0.5) is 14.5 Å². The van der Waals surface area contributed by atoms with Crippen molar-refractivity contribution < 1.29 is 13.6 Å². The van der Waals surface area contributed by atoms with E-state index in [1.54, 1.807) is 0 Å². The smallest absolute Gasteiger partial charge is 0.266 e. The molecule has 0 radical (unpaired) electrons. The van der Waals surface area contributed by atoms with Gasteiger partial charge >= 0.3 is 0 Å². The van der Waals surface area contributed by atoms with E-state index >= 15 is 0 Å². The molecule has 24 heavy (non-hydrogen) atoms. The Balaban J connectivity index is 1.58. The normalized spacial score (nSPS) is 17.1. The van der Waals surface area contributed by atoms with Gasteiger partial charge in [-0.1, -0.05) is 0 Å². The molecule has 1 fully saturated rings. The van der Waals surface area contributed by atoms with Crippen LogP contribution in [-0.2, 0) is 11.3 Å². The van der Waals surface area contributed by atoms with Crippen LogP contribution in [0.5, 0.6) is 0 Å². The summed E-state index contributed by atoms with van der Waals surface area (Å²) in [5.41, 5.74) is 0.462. The molecule has 0 spiro atoms. The van der Waals surface area contributed by atoms with E-state index in [1.165, 1.54) is 12.3 Å². The molecule has 2 heterocycles. The van der Waals surface area contributed by atoms with Gasteiger partial charge in [0.15, 0.2) is 0 Å². The minimum absolute atomic E-state index is 0.0640. The second kappa shape index (κ2) is 6.77. The van der Waals surface area contributed by atoms with Crippen LogP contribution < -0.4 is 15.8 Å². The predicted molar refractivity (Wildman–Crippen MR) is 83.4 cm³/mol. The van der Waals surface area contributed by atoms with Crippen LogP contribution in [0.3, 0.4) is 0 Å². The molecule has 1 saturated heterocycles. The lowest BCUT2D eigenvalue weighted by Gasteiger charge is -2.17. The summed E-state index contributed by atoms with van der Waals surface area (Å²) < 4.78 is 26.7. The minimum atomic E-state index is -0.556. The summed E-state index contributed by atoms with van der Waals surface area (Å²) in [7, 11) is 0. The maximum atomic E-state index is 13.6. The molecule has 1 aromatic heterocycles. The number of carbonyl (C=O) groups is 1. The Morgan fingerprint density at radius 3 is 3.00 bits per heavy atom. The molecule has 1 aliphatic rings. The standard InChI is InChI=1S/C16H16F2N4O2/c17-12-1-2-14(18)11(5-12)7-19-16(24)10-3-4-22(9-10)13-6-15(23)21-20-8-13/h1-2,5-6,8,10H,3-4,7,9H2,(H,19,24)(H,21,23). The third kappa shape index (κ3) is 3.58. The topological polar surface area (TPSA) is 78.1 Å². The molecule has 2 aromatic rings.